The summed E-state index contributed by atoms with van der Waals surface area (Å²) in [4.78, 5) is 5.55. The van der Waals surface area contributed by atoms with Gasteiger partial charge in [-0.1, -0.05) is 79.1 Å². The minimum Gasteiger partial charge on any atom is -0.388 e. The van der Waals surface area contributed by atoms with Gasteiger partial charge in [-0.15, -0.1) is 0 Å². The van der Waals surface area contributed by atoms with Crippen LogP contribution in [-0.2, 0) is 24.7 Å². The minimum absolute atomic E-state index is 0.161. The smallest absolute Gasteiger partial charge is 0.137 e. The standard InChI is InChI=1S/C21H22Cl2N2O2S/c1-14(2)20-21(28-18-9-16(22)8-17(23)10-18)25(19(11-26)24-20)13-27-12-15-6-4-3-5-7-15/h3-10,14,26H,11-13H2,1-2H3. The van der Waals surface area contributed by atoms with E-state index >= 15 is 0 Å². The van der Waals surface area contributed by atoms with Gasteiger partial charge in [0.1, 0.15) is 24.2 Å². The molecule has 28 heavy (non-hydrogen) atoms. The summed E-state index contributed by atoms with van der Waals surface area (Å²) < 4.78 is 7.83. The van der Waals surface area contributed by atoms with Crippen molar-refractivity contribution in [3.63, 3.8) is 0 Å². The highest BCUT2D eigenvalue weighted by Gasteiger charge is 2.20. The van der Waals surface area contributed by atoms with Crippen LogP contribution in [0.2, 0.25) is 10.0 Å². The molecule has 4 nitrogen and oxygen atoms in total. The van der Waals surface area contributed by atoms with Crippen molar-refractivity contribution in [3.05, 3.63) is 75.7 Å². The van der Waals surface area contributed by atoms with Crippen molar-refractivity contribution >= 4 is 35.0 Å². The van der Waals surface area contributed by atoms with Crippen molar-refractivity contribution in [2.45, 2.75) is 49.6 Å². The summed E-state index contributed by atoms with van der Waals surface area (Å²) in [6.45, 7) is 4.77. The van der Waals surface area contributed by atoms with Gasteiger partial charge in [-0.3, -0.25) is 4.57 Å². The van der Waals surface area contributed by atoms with E-state index in [1.165, 1.54) is 11.8 Å². The van der Waals surface area contributed by atoms with Gasteiger partial charge in [0.25, 0.3) is 0 Å². The van der Waals surface area contributed by atoms with E-state index < -0.39 is 0 Å². The zero-order chi connectivity index (χ0) is 20.1. The SMILES string of the molecule is CC(C)c1nc(CO)n(COCc2ccccc2)c1Sc1cc(Cl)cc(Cl)c1. The molecule has 3 aromatic rings. The van der Waals surface area contributed by atoms with Crippen molar-refractivity contribution in [2.75, 3.05) is 0 Å². The molecule has 0 aliphatic rings. The maximum Gasteiger partial charge on any atom is 0.137 e. The topological polar surface area (TPSA) is 47.3 Å². The summed E-state index contributed by atoms with van der Waals surface area (Å²) in [5, 5.41) is 11.9. The third-order valence-electron chi connectivity index (χ3n) is 4.10. The van der Waals surface area contributed by atoms with E-state index in [-0.39, 0.29) is 12.5 Å². The second kappa shape index (κ2) is 9.81. The van der Waals surface area contributed by atoms with Crippen LogP contribution >= 0.6 is 35.0 Å². The van der Waals surface area contributed by atoms with E-state index in [1.54, 1.807) is 6.07 Å². The van der Waals surface area contributed by atoms with Gasteiger partial charge in [0.2, 0.25) is 0 Å². The Morgan fingerprint density at radius 3 is 2.39 bits per heavy atom. The first-order valence-electron chi connectivity index (χ1n) is 8.93. The number of benzene rings is 2. The predicted molar refractivity (Wildman–Crippen MR) is 114 cm³/mol. The van der Waals surface area contributed by atoms with Gasteiger partial charge < -0.3 is 9.84 Å². The lowest BCUT2D eigenvalue weighted by Gasteiger charge is -2.13. The molecule has 0 bridgehead atoms. The molecule has 1 N–H and O–H groups in total. The van der Waals surface area contributed by atoms with Crippen LogP contribution in [-0.4, -0.2) is 14.7 Å². The van der Waals surface area contributed by atoms with Crippen LogP contribution in [0, 0.1) is 0 Å². The fraction of sp³-hybridized carbons (Fsp3) is 0.286. The Labute approximate surface area is 179 Å². The number of hydrogen-bond donors (Lipinski definition) is 1. The van der Waals surface area contributed by atoms with Crippen molar-refractivity contribution in [1.29, 1.82) is 0 Å². The summed E-state index contributed by atoms with van der Waals surface area (Å²) >= 11 is 13.8. The van der Waals surface area contributed by atoms with Gasteiger partial charge in [0.05, 0.1) is 12.3 Å². The number of aromatic nitrogens is 2. The first kappa shape index (κ1) is 21.2. The zero-order valence-corrected chi connectivity index (χ0v) is 18.1. The van der Waals surface area contributed by atoms with Gasteiger partial charge in [-0.2, -0.15) is 0 Å². The van der Waals surface area contributed by atoms with Crippen molar-refractivity contribution in [1.82, 2.24) is 9.55 Å². The average molecular weight is 437 g/mol. The van der Waals surface area contributed by atoms with Crippen molar-refractivity contribution < 1.29 is 9.84 Å². The summed E-state index contributed by atoms with van der Waals surface area (Å²) in [6.07, 6.45) is 0. The molecule has 148 valence electrons. The zero-order valence-electron chi connectivity index (χ0n) is 15.7. The van der Waals surface area contributed by atoms with Crippen molar-refractivity contribution in [2.24, 2.45) is 0 Å². The van der Waals surface area contributed by atoms with E-state index in [4.69, 9.17) is 27.9 Å². The number of hydrogen-bond acceptors (Lipinski definition) is 4. The molecule has 1 aromatic heterocycles. The molecule has 0 unspecified atom stereocenters. The van der Waals surface area contributed by atoms with Gasteiger partial charge in [0, 0.05) is 14.9 Å². The van der Waals surface area contributed by atoms with Crippen LogP contribution in [0.3, 0.4) is 0 Å². The molecule has 0 saturated heterocycles. The van der Waals surface area contributed by atoms with E-state index in [9.17, 15) is 5.11 Å². The van der Waals surface area contributed by atoms with Crippen LogP contribution in [0.25, 0.3) is 0 Å². The molecule has 7 heteroatoms. The molecule has 0 radical (unpaired) electrons. The van der Waals surface area contributed by atoms with Gasteiger partial charge >= 0.3 is 0 Å². The molecule has 0 aliphatic carbocycles. The fourth-order valence-electron chi connectivity index (χ4n) is 2.77. The van der Waals surface area contributed by atoms with Gasteiger partial charge in [0.15, 0.2) is 0 Å². The third-order valence-corrected chi connectivity index (χ3v) is 5.63. The molecule has 2 aromatic carbocycles. The Morgan fingerprint density at radius 1 is 1.11 bits per heavy atom. The van der Waals surface area contributed by atoms with Crippen LogP contribution < -0.4 is 0 Å². The normalized spacial score (nSPS) is 11.4. The molecule has 0 aliphatic heterocycles. The summed E-state index contributed by atoms with van der Waals surface area (Å²) in [5.41, 5.74) is 2.00. The third kappa shape index (κ3) is 5.31. The predicted octanol–water partition coefficient (Wildman–Crippen LogP) is 6.13. The van der Waals surface area contributed by atoms with E-state index in [0.717, 1.165) is 21.2 Å². The van der Waals surface area contributed by atoms with Crippen LogP contribution in [0.15, 0.2) is 58.5 Å². The van der Waals surface area contributed by atoms with E-state index in [2.05, 4.69) is 18.8 Å². The lowest BCUT2D eigenvalue weighted by atomic mass is 10.2. The lowest BCUT2D eigenvalue weighted by Crippen LogP contribution is -2.08. The molecule has 0 saturated carbocycles. The second-order valence-electron chi connectivity index (χ2n) is 6.63. The van der Waals surface area contributed by atoms with E-state index in [1.807, 2.05) is 47.0 Å². The highest BCUT2D eigenvalue weighted by atomic mass is 35.5. The molecule has 1 heterocycles. The Balaban J connectivity index is 1.88. The maximum atomic E-state index is 9.82. The number of aliphatic hydroxyl groups is 1. The molecule has 0 fully saturated rings. The molecule has 0 amide bonds. The largest absolute Gasteiger partial charge is 0.388 e. The molecule has 3 rings (SSSR count). The summed E-state index contributed by atoms with van der Waals surface area (Å²) in [7, 11) is 0. The highest BCUT2D eigenvalue weighted by Crippen LogP contribution is 2.37. The van der Waals surface area contributed by atoms with Crippen LogP contribution in [0.5, 0.6) is 0 Å². The number of nitrogens with zero attached hydrogens (tertiary/aromatic N) is 2. The maximum absolute atomic E-state index is 9.82. The number of ether oxygens (including phenoxy) is 1. The van der Waals surface area contributed by atoms with E-state index in [0.29, 0.717) is 29.2 Å². The Morgan fingerprint density at radius 2 is 1.79 bits per heavy atom. The summed E-state index contributed by atoms with van der Waals surface area (Å²) in [6, 6.07) is 15.4. The van der Waals surface area contributed by atoms with Gasteiger partial charge in [-0.05, 0) is 29.7 Å². The summed E-state index contributed by atoms with van der Waals surface area (Å²) in [5.74, 6) is 0.769. The lowest BCUT2D eigenvalue weighted by molar-refractivity contribution is 0.0543. The molecule has 0 spiro atoms. The Kier molecular flexibility index (Phi) is 7.43. The monoisotopic (exact) mass is 436 g/mol. The fourth-order valence-corrected chi connectivity index (χ4v) is 4.67. The highest BCUT2D eigenvalue weighted by molar-refractivity contribution is 7.99. The van der Waals surface area contributed by atoms with Crippen LogP contribution in [0.1, 0.15) is 36.8 Å². The molecule has 0 atom stereocenters. The number of imidazole rings is 1. The number of halogens is 2. The van der Waals surface area contributed by atoms with Crippen LogP contribution in [0.4, 0.5) is 0 Å². The number of rotatable bonds is 8. The minimum atomic E-state index is -0.161. The van der Waals surface area contributed by atoms with Crippen molar-refractivity contribution in [3.8, 4) is 0 Å². The first-order valence-corrected chi connectivity index (χ1v) is 10.5. The Bertz CT molecular complexity index is 909. The second-order valence-corrected chi connectivity index (χ2v) is 8.56. The van der Waals surface area contributed by atoms with Gasteiger partial charge in [-0.25, -0.2) is 4.98 Å². The Hall–Kier alpha value is -1.50. The quantitative estimate of drug-likeness (QED) is 0.461. The first-order chi connectivity index (χ1) is 13.5. The molecular formula is C21H22Cl2N2O2S. The molecular weight excluding hydrogens is 415 g/mol. The average Bonchev–Trinajstić information content (AvgIpc) is 2.99. The number of aliphatic hydroxyl groups excluding tert-OH is 1.